The third kappa shape index (κ3) is 6.88. The van der Waals surface area contributed by atoms with Crippen molar-refractivity contribution in [2.45, 2.75) is 68.3 Å². The van der Waals surface area contributed by atoms with Gasteiger partial charge in [-0.15, -0.1) is 0 Å². The van der Waals surface area contributed by atoms with Crippen LogP contribution in [0.2, 0.25) is 0 Å². The van der Waals surface area contributed by atoms with Gasteiger partial charge in [-0.3, -0.25) is 4.79 Å². The van der Waals surface area contributed by atoms with E-state index in [-0.39, 0.29) is 47.0 Å². The highest BCUT2D eigenvalue weighted by atomic mass is 16.7. The first-order valence-electron chi connectivity index (χ1n) is 14.9. The number of hydrogen-bond donors (Lipinski definition) is 8. The standard InChI is InChI=1S/C31H38O17/c1-12-21(34)24(37)26(39)30(45-12)44-11-19-22(35)25(38)27(40)31(47-19)48-29-23(36)20-15(33)9-14(43-7-6-32)10-18(20)46-28(29)13-4-5-16(41-2)17(8-13)42-3/h4-5,8-10,12,19,21-22,24-27,30-35,37-40H,6-7,11H2,1-3H3/t12-,19+,21-,22+,24+,25-,26+,27+,30+,31-/m0/s1. The van der Waals surface area contributed by atoms with Crippen molar-refractivity contribution in [3.8, 4) is 40.1 Å². The Kier molecular flexibility index (Phi) is 11.0. The molecule has 5 rings (SSSR count). The Morgan fingerprint density at radius 1 is 0.812 bits per heavy atom. The summed E-state index contributed by atoms with van der Waals surface area (Å²) < 4.78 is 44.6. The van der Waals surface area contributed by atoms with E-state index in [1.54, 1.807) is 0 Å². The summed E-state index contributed by atoms with van der Waals surface area (Å²) >= 11 is 0. The van der Waals surface area contributed by atoms with Crippen molar-refractivity contribution in [3.63, 3.8) is 0 Å². The van der Waals surface area contributed by atoms with Gasteiger partial charge in [0, 0.05) is 17.7 Å². The van der Waals surface area contributed by atoms with Crippen molar-refractivity contribution in [2.75, 3.05) is 34.0 Å². The predicted octanol–water partition coefficient (Wildman–Crippen LogP) is -1.42. The number of hydrogen-bond acceptors (Lipinski definition) is 17. The highest BCUT2D eigenvalue weighted by Crippen LogP contribution is 2.40. The minimum atomic E-state index is -1.93. The fraction of sp³-hybridized carbons (Fsp3) is 0.516. The number of aliphatic hydroxyl groups excluding tert-OH is 7. The lowest BCUT2D eigenvalue weighted by Gasteiger charge is -2.42. The molecule has 2 fully saturated rings. The molecule has 0 saturated carbocycles. The molecule has 0 aliphatic carbocycles. The van der Waals surface area contributed by atoms with Crippen LogP contribution < -0.4 is 24.4 Å². The molecule has 2 aliphatic heterocycles. The zero-order valence-corrected chi connectivity index (χ0v) is 26.0. The summed E-state index contributed by atoms with van der Waals surface area (Å²) in [7, 11) is 2.81. The zero-order valence-electron chi connectivity index (χ0n) is 26.0. The molecule has 0 unspecified atom stereocenters. The number of phenols is 1. The second-order valence-corrected chi connectivity index (χ2v) is 11.2. The molecule has 10 atom stereocenters. The molecule has 2 aromatic carbocycles. The number of phenolic OH excluding ortho intramolecular Hbond substituents is 1. The summed E-state index contributed by atoms with van der Waals surface area (Å²) in [4.78, 5) is 14.0. The first kappa shape index (κ1) is 35.6. The van der Waals surface area contributed by atoms with E-state index >= 15 is 0 Å². The summed E-state index contributed by atoms with van der Waals surface area (Å²) in [5.74, 6) is -0.681. The Balaban J connectivity index is 1.52. The zero-order chi connectivity index (χ0) is 34.9. The Labute approximate surface area is 272 Å². The number of fused-ring (bicyclic) bond motifs is 1. The SMILES string of the molecule is COc1ccc(-c2oc3cc(OCCO)cc(O)c3c(=O)c2O[C@@H]2O[C@H](CO[C@@H]3O[C@@H](C)[C@H](O)[C@@H](O)[C@H]3O)[C@@H](O)[C@H](O)[C@H]2O)cc1OC. The average Bonchev–Trinajstić information content (AvgIpc) is 3.08. The lowest BCUT2D eigenvalue weighted by Crippen LogP contribution is -2.61. The number of rotatable bonds is 11. The van der Waals surface area contributed by atoms with Gasteiger partial charge in [0.15, 0.2) is 23.5 Å². The van der Waals surface area contributed by atoms with Crippen LogP contribution >= 0.6 is 0 Å². The van der Waals surface area contributed by atoms with E-state index in [2.05, 4.69) is 0 Å². The normalized spacial score (nSPS) is 30.6. The van der Waals surface area contributed by atoms with Gasteiger partial charge in [-0.05, 0) is 25.1 Å². The minimum Gasteiger partial charge on any atom is -0.507 e. The smallest absolute Gasteiger partial charge is 0.239 e. The summed E-state index contributed by atoms with van der Waals surface area (Å²) in [6.45, 7) is 0.440. The number of ether oxygens (including phenoxy) is 7. The first-order chi connectivity index (χ1) is 22.9. The van der Waals surface area contributed by atoms with Crippen LogP contribution in [0.15, 0.2) is 39.5 Å². The molecule has 0 amide bonds. The van der Waals surface area contributed by atoms with Crippen LogP contribution in [-0.2, 0) is 14.2 Å². The van der Waals surface area contributed by atoms with E-state index in [0.717, 1.165) is 6.07 Å². The molecule has 2 saturated heterocycles. The molecule has 264 valence electrons. The lowest BCUT2D eigenvalue weighted by molar-refractivity contribution is -0.318. The van der Waals surface area contributed by atoms with Crippen LogP contribution in [0.25, 0.3) is 22.3 Å². The molecule has 3 aromatic rings. The predicted molar refractivity (Wildman–Crippen MR) is 161 cm³/mol. The third-order valence-corrected chi connectivity index (χ3v) is 8.05. The quantitative estimate of drug-likeness (QED) is 0.115. The number of benzene rings is 2. The van der Waals surface area contributed by atoms with Gasteiger partial charge in [0.2, 0.25) is 17.5 Å². The molecule has 2 aliphatic rings. The molecule has 0 radical (unpaired) electrons. The Hall–Kier alpha value is -3.75. The second-order valence-electron chi connectivity index (χ2n) is 11.2. The van der Waals surface area contributed by atoms with E-state index in [1.807, 2.05) is 0 Å². The second kappa shape index (κ2) is 14.8. The monoisotopic (exact) mass is 682 g/mol. The molecule has 1 aromatic heterocycles. The number of aliphatic hydroxyl groups is 7. The average molecular weight is 683 g/mol. The highest BCUT2D eigenvalue weighted by Gasteiger charge is 2.48. The van der Waals surface area contributed by atoms with E-state index in [4.69, 9.17) is 42.7 Å². The molecule has 48 heavy (non-hydrogen) atoms. The van der Waals surface area contributed by atoms with Crippen LogP contribution in [0.3, 0.4) is 0 Å². The molecular weight excluding hydrogens is 644 g/mol. The minimum absolute atomic E-state index is 0.0820. The number of aromatic hydroxyl groups is 1. The molecule has 3 heterocycles. The molecular formula is C31H38O17. The number of methoxy groups -OCH3 is 2. The molecule has 8 N–H and O–H groups in total. The van der Waals surface area contributed by atoms with Crippen molar-refractivity contribution in [1.82, 2.24) is 0 Å². The van der Waals surface area contributed by atoms with Crippen LogP contribution in [0.4, 0.5) is 0 Å². The maximum atomic E-state index is 14.0. The van der Waals surface area contributed by atoms with Gasteiger partial charge >= 0.3 is 0 Å². The highest BCUT2D eigenvalue weighted by molar-refractivity contribution is 5.88. The van der Waals surface area contributed by atoms with Crippen molar-refractivity contribution in [1.29, 1.82) is 0 Å². The fourth-order valence-electron chi connectivity index (χ4n) is 5.39. The topological polar surface area (TPSA) is 257 Å². The van der Waals surface area contributed by atoms with Crippen molar-refractivity contribution >= 4 is 11.0 Å². The van der Waals surface area contributed by atoms with Crippen LogP contribution in [-0.4, -0.2) is 136 Å². The van der Waals surface area contributed by atoms with E-state index in [9.17, 15) is 40.5 Å². The maximum Gasteiger partial charge on any atom is 0.239 e. The van der Waals surface area contributed by atoms with Crippen molar-refractivity contribution in [3.05, 3.63) is 40.6 Å². The van der Waals surface area contributed by atoms with Gasteiger partial charge in [0.1, 0.15) is 71.8 Å². The van der Waals surface area contributed by atoms with Gasteiger partial charge < -0.3 is 78.4 Å². The van der Waals surface area contributed by atoms with Gasteiger partial charge in [-0.2, -0.15) is 0 Å². The Bertz CT molecular complexity index is 1630. The van der Waals surface area contributed by atoms with E-state index in [0.29, 0.717) is 5.75 Å². The summed E-state index contributed by atoms with van der Waals surface area (Å²) in [5, 5.41) is 82.1. The maximum absolute atomic E-state index is 14.0. The van der Waals surface area contributed by atoms with E-state index < -0.39 is 84.9 Å². The fourth-order valence-corrected chi connectivity index (χ4v) is 5.39. The first-order valence-corrected chi connectivity index (χ1v) is 14.9. The van der Waals surface area contributed by atoms with E-state index in [1.165, 1.54) is 45.4 Å². The van der Waals surface area contributed by atoms with Gasteiger partial charge in [-0.1, -0.05) is 0 Å². The van der Waals surface area contributed by atoms with Crippen molar-refractivity contribution in [2.24, 2.45) is 0 Å². The lowest BCUT2D eigenvalue weighted by atomic mass is 9.98. The Morgan fingerprint density at radius 2 is 1.50 bits per heavy atom. The largest absolute Gasteiger partial charge is 0.507 e. The van der Waals surface area contributed by atoms with Gasteiger partial charge in [-0.25, -0.2) is 0 Å². The van der Waals surface area contributed by atoms with Gasteiger partial charge in [0.05, 0.1) is 33.5 Å². The van der Waals surface area contributed by atoms with Crippen LogP contribution in [0.1, 0.15) is 6.92 Å². The summed E-state index contributed by atoms with van der Waals surface area (Å²) in [6, 6.07) is 6.96. The Morgan fingerprint density at radius 3 is 2.19 bits per heavy atom. The van der Waals surface area contributed by atoms with Crippen LogP contribution in [0.5, 0.6) is 28.7 Å². The molecule has 17 nitrogen and oxygen atoms in total. The van der Waals surface area contributed by atoms with Crippen LogP contribution in [0, 0.1) is 0 Å². The van der Waals surface area contributed by atoms with Crippen molar-refractivity contribution < 1.29 is 78.4 Å². The molecule has 17 heteroatoms. The summed E-state index contributed by atoms with van der Waals surface area (Å²) in [6.07, 6.45) is -15.9. The third-order valence-electron chi connectivity index (χ3n) is 8.05. The summed E-state index contributed by atoms with van der Waals surface area (Å²) in [5.41, 5.74) is -0.840. The molecule has 0 spiro atoms. The van der Waals surface area contributed by atoms with Gasteiger partial charge in [0.25, 0.3) is 0 Å². The molecule has 0 bridgehead atoms.